The van der Waals surface area contributed by atoms with Gasteiger partial charge < -0.3 is 15.5 Å². The number of hydrogen-bond acceptors (Lipinski definition) is 3. The molecule has 0 saturated carbocycles. The van der Waals surface area contributed by atoms with Gasteiger partial charge in [0.25, 0.3) is 0 Å². The third kappa shape index (κ3) is 4.28. The van der Waals surface area contributed by atoms with E-state index in [0.717, 1.165) is 32.4 Å². The van der Waals surface area contributed by atoms with Crippen molar-refractivity contribution in [1.82, 2.24) is 9.80 Å². The van der Waals surface area contributed by atoms with Crippen LogP contribution in [-0.2, 0) is 4.79 Å². The van der Waals surface area contributed by atoms with Crippen LogP contribution in [0.5, 0.6) is 0 Å². The number of carbonyl (C=O) groups excluding carboxylic acids is 1. The van der Waals surface area contributed by atoms with E-state index in [1.807, 2.05) is 11.9 Å². The molecule has 4 heteroatoms. The lowest BCUT2D eigenvalue weighted by atomic mass is 10.1. The predicted molar refractivity (Wildman–Crippen MR) is 70.8 cm³/mol. The molecule has 1 rings (SSSR count). The molecule has 0 aromatic carbocycles. The Morgan fingerprint density at radius 2 is 2.29 bits per heavy atom. The van der Waals surface area contributed by atoms with Crippen molar-refractivity contribution in [2.45, 2.75) is 51.1 Å². The van der Waals surface area contributed by atoms with Crippen LogP contribution in [0, 0.1) is 0 Å². The Balaban J connectivity index is 2.35. The van der Waals surface area contributed by atoms with Gasteiger partial charge in [0.2, 0.25) is 5.91 Å². The first-order valence-electron chi connectivity index (χ1n) is 6.77. The third-order valence-corrected chi connectivity index (χ3v) is 3.72. The molecule has 1 heterocycles. The van der Waals surface area contributed by atoms with Gasteiger partial charge in [-0.1, -0.05) is 19.8 Å². The van der Waals surface area contributed by atoms with Gasteiger partial charge in [-0.05, 0) is 32.9 Å². The van der Waals surface area contributed by atoms with Crippen LogP contribution in [-0.4, -0.2) is 55.0 Å². The third-order valence-electron chi connectivity index (χ3n) is 3.72. The van der Waals surface area contributed by atoms with E-state index in [0.29, 0.717) is 6.04 Å². The van der Waals surface area contributed by atoms with E-state index in [-0.39, 0.29) is 11.9 Å². The van der Waals surface area contributed by atoms with Gasteiger partial charge in [-0.25, -0.2) is 0 Å². The summed E-state index contributed by atoms with van der Waals surface area (Å²) < 4.78 is 0. The van der Waals surface area contributed by atoms with Crippen LogP contribution in [0.3, 0.4) is 0 Å². The number of carbonyl (C=O) groups is 1. The van der Waals surface area contributed by atoms with E-state index in [9.17, 15) is 4.79 Å². The van der Waals surface area contributed by atoms with Crippen molar-refractivity contribution in [3.05, 3.63) is 0 Å². The van der Waals surface area contributed by atoms with Crippen LogP contribution < -0.4 is 5.73 Å². The SMILES string of the molecule is CCCCC(N)C(=O)N(C)CC1CCCN1C. The Kier molecular flexibility index (Phi) is 5.92. The molecule has 0 aromatic heterocycles. The second-order valence-electron chi connectivity index (χ2n) is 5.24. The zero-order valence-electron chi connectivity index (χ0n) is 11.5. The molecular weight excluding hydrogens is 214 g/mol. The topological polar surface area (TPSA) is 49.6 Å². The molecule has 4 nitrogen and oxygen atoms in total. The van der Waals surface area contributed by atoms with Crippen molar-refractivity contribution in [3.8, 4) is 0 Å². The highest BCUT2D eigenvalue weighted by Crippen LogP contribution is 2.15. The average Bonchev–Trinajstić information content (AvgIpc) is 2.70. The molecule has 17 heavy (non-hydrogen) atoms. The zero-order valence-corrected chi connectivity index (χ0v) is 11.5. The van der Waals surface area contributed by atoms with E-state index in [4.69, 9.17) is 5.73 Å². The van der Waals surface area contributed by atoms with Gasteiger partial charge in [0.1, 0.15) is 0 Å². The minimum atomic E-state index is -0.313. The molecule has 0 radical (unpaired) electrons. The van der Waals surface area contributed by atoms with Gasteiger partial charge in [-0.2, -0.15) is 0 Å². The lowest BCUT2D eigenvalue weighted by molar-refractivity contribution is -0.132. The number of unbranched alkanes of at least 4 members (excludes halogenated alkanes) is 1. The van der Waals surface area contributed by atoms with Crippen molar-refractivity contribution < 1.29 is 4.79 Å². The van der Waals surface area contributed by atoms with Crippen molar-refractivity contribution in [2.75, 3.05) is 27.2 Å². The molecule has 1 aliphatic heterocycles. The molecule has 100 valence electrons. The lowest BCUT2D eigenvalue weighted by Crippen LogP contribution is -2.46. The zero-order chi connectivity index (χ0) is 12.8. The van der Waals surface area contributed by atoms with Crippen LogP contribution in [0.15, 0.2) is 0 Å². The number of likely N-dealkylation sites (tertiary alicyclic amines) is 1. The molecule has 1 saturated heterocycles. The standard InChI is InChI=1S/C13H27N3O/c1-4-5-8-12(14)13(17)16(3)10-11-7-6-9-15(11)2/h11-12H,4-10,14H2,1-3H3. The molecule has 0 aliphatic carbocycles. The number of nitrogens with two attached hydrogens (primary N) is 1. The Bertz CT molecular complexity index is 245. The maximum Gasteiger partial charge on any atom is 0.239 e. The summed E-state index contributed by atoms with van der Waals surface area (Å²) in [6.45, 7) is 4.08. The molecule has 1 fully saturated rings. The van der Waals surface area contributed by atoms with Crippen LogP contribution >= 0.6 is 0 Å². The summed E-state index contributed by atoms with van der Waals surface area (Å²) >= 11 is 0. The van der Waals surface area contributed by atoms with Crippen LogP contribution in [0.1, 0.15) is 39.0 Å². The van der Waals surface area contributed by atoms with E-state index < -0.39 is 0 Å². The fourth-order valence-electron chi connectivity index (χ4n) is 2.45. The van der Waals surface area contributed by atoms with Crippen molar-refractivity contribution in [3.63, 3.8) is 0 Å². The quantitative estimate of drug-likeness (QED) is 0.756. The first-order valence-corrected chi connectivity index (χ1v) is 6.77. The maximum atomic E-state index is 12.0. The van der Waals surface area contributed by atoms with E-state index in [1.54, 1.807) is 0 Å². The summed E-state index contributed by atoms with van der Waals surface area (Å²) in [6, 6.07) is 0.203. The molecule has 2 N–H and O–H groups in total. The van der Waals surface area contributed by atoms with Gasteiger partial charge in [-0.15, -0.1) is 0 Å². The normalized spacial score (nSPS) is 22.7. The van der Waals surface area contributed by atoms with E-state index >= 15 is 0 Å². The van der Waals surface area contributed by atoms with Crippen LogP contribution in [0.25, 0.3) is 0 Å². The number of likely N-dealkylation sites (N-methyl/N-ethyl adjacent to an activating group) is 2. The highest BCUT2D eigenvalue weighted by molar-refractivity contribution is 5.81. The minimum absolute atomic E-state index is 0.0961. The monoisotopic (exact) mass is 241 g/mol. The fourth-order valence-corrected chi connectivity index (χ4v) is 2.45. The number of amides is 1. The number of nitrogens with zero attached hydrogens (tertiary/aromatic N) is 2. The summed E-state index contributed by atoms with van der Waals surface area (Å²) in [4.78, 5) is 16.2. The van der Waals surface area contributed by atoms with Crippen LogP contribution in [0.4, 0.5) is 0 Å². The van der Waals surface area contributed by atoms with Gasteiger partial charge in [0.15, 0.2) is 0 Å². The largest absolute Gasteiger partial charge is 0.343 e. The Morgan fingerprint density at radius 1 is 1.59 bits per heavy atom. The number of rotatable bonds is 6. The predicted octanol–water partition coefficient (Wildman–Crippen LogP) is 1.06. The molecular formula is C13H27N3O. The van der Waals surface area contributed by atoms with Gasteiger partial charge in [0, 0.05) is 19.6 Å². The smallest absolute Gasteiger partial charge is 0.239 e. The van der Waals surface area contributed by atoms with Crippen molar-refractivity contribution in [2.24, 2.45) is 5.73 Å². The second-order valence-corrected chi connectivity index (χ2v) is 5.24. The molecule has 0 aromatic rings. The molecule has 0 bridgehead atoms. The molecule has 1 amide bonds. The second kappa shape index (κ2) is 6.97. The van der Waals surface area contributed by atoms with Gasteiger partial charge in [-0.3, -0.25) is 4.79 Å². The minimum Gasteiger partial charge on any atom is -0.343 e. The summed E-state index contributed by atoms with van der Waals surface area (Å²) in [5, 5.41) is 0. The van der Waals surface area contributed by atoms with Crippen molar-refractivity contribution >= 4 is 5.91 Å². The Morgan fingerprint density at radius 3 is 2.82 bits per heavy atom. The van der Waals surface area contributed by atoms with Crippen LogP contribution in [0.2, 0.25) is 0 Å². The highest BCUT2D eigenvalue weighted by Gasteiger charge is 2.25. The van der Waals surface area contributed by atoms with E-state index in [2.05, 4.69) is 18.9 Å². The molecule has 2 unspecified atom stereocenters. The molecule has 1 aliphatic rings. The highest BCUT2D eigenvalue weighted by atomic mass is 16.2. The first kappa shape index (κ1) is 14.5. The first-order chi connectivity index (χ1) is 8.06. The fraction of sp³-hybridized carbons (Fsp3) is 0.923. The van der Waals surface area contributed by atoms with Crippen molar-refractivity contribution in [1.29, 1.82) is 0 Å². The Labute approximate surface area is 105 Å². The van der Waals surface area contributed by atoms with Gasteiger partial charge >= 0.3 is 0 Å². The lowest BCUT2D eigenvalue weighted by Gasteiger charge is -2.27. The average molecular weight is 241 g/mol. The summed E-state index contributed by atoms with van der Waals surface area (Å²) in [6.07, 6.45) is 5.36. The summed E-state index contributed by atoms with van der Waals surface area (Å²) in [5.74, 6) is 0.0961. The molecule has 2 atom stereocenters. The Hall–Kier alpha value is -0.610. The summed E-state index contributed by atoms with van der Waals surface area (Å²) in [7, 11) is 4.01. The summed E-state index contributed by atoms with van der Waals surface area (Å²) in [5.41, 5.74) is 5.91. The van der Waals surface area contributed by atoms with Gasteiger partial charge in [0.05, 0.1) is 6.04 Å². The van der Waals surface area contributed by atoms with E-state index in [1.165, 1.54) is 12.8 Å². The maximum absolute atomic E-state index is 12.0. The molecule has 0 spiro atoms. The number of hydrogen-bond donors (Lipinski definition) is 1.